The largest absolute Gasteiger partial charge is 0.469 e. The fraction of sp³-hybridized carbons (Fsp3) is 0.267. The van der Waals surface area contributed by atoms with Crippen molar-refractivity contribution in [2.45, 2.75) is 26.3 Å². The molecule has 19 heavy (non-hydrogen) atoms. The molecule has 4 heteroatoms. The third kappa shape index (κ3) is 3.35. The van der Waals surface area contributed by atoms with Crippen LogP contribution < -0.4 is 11.1 Å². The molecule has 0 saturated heterocycles. The van der Waals surface area contributed by atoms with E-state index in [0.717, 1.165) is 29.0 Å². The van der Waals surface area contributed by atoms with Crippen LogP contribution in [0.3, 0.4) is 0 Å². The Hall–Kier alpha value is -1.81. The van der Waals surface area contributed by atoms with Gasteiger partial charge in [0.15, 0.2) is 0 Å². The Morgan fingerprint density at radius 1 is 1.37 bits per heavy atom. The van der Waals surface area contributed by atoms with E-state index in [-0.39, 0.29) is 6.04 Å². The fourth-order valence-corrected chi connectivity index (χ4v) is 2.26. The van der Waals surface area contributed by atoms with Gasteiger partial charge in [0.05, 0.1) is 6.26 Å². The Morgan fingerprint density at radius 3 is 2.79 bits per heavy atom. The van der Waals surface area contributed by atoms with Crippen LogP contribution in [-0.4, -0.2) is 11.0 Å². The second-order valence-corrected chi connectivity index (χ2v) is 5.13. The van der Waals surface area contributed by atoms with Crippen molar-refractivity contribution in [2.75, 3.05) is 5.32 Å². The van der Waals surface area contributed by atoms with Crippen molar-refractivity contribution in [1.82, 2.24) is 0 Å². The molecular formula is C15H18N2OS. The van der Waals surface area contributed by atoms with Crippen LogP contribution in [0.4, 0.5) is 5.69 Å². The van der Waals surface area contributed by atoms with Crippen molar-refractivity contribution in [3.63, 3.8) is 0 Å². The molecule has 1 atom stereocenters. The number of furan rings is 1. The van der Waals surface area contributed by atoms with Gasteiger partial charge >= 0.3 is 0 Å². The molecule has 0 spiro atoms. The monoisotopic (exact) mass is 274 g/mol. The fourth-order valence-electron chi connectivity index (χ4n) is 2.09. The molecule has 0 fully saturated rings. The maximum Gasteiger partial charge on any atom is 0.106 e. The second-order valence-electron chi connectivity index (χ2n) is 4.69. The number of benzene rings is 1. The molecule has 0 aliphatic rings. The average Bonchev–Trinajstić information content (AvgIpc) is 2.84. The summed E-state index contributed by atoms with van der Waals surface area (Å²) in [5, 5.41) is 3.47. The van der Waals surface area contributed by atoms with Gasteiger partial charge in [0.2, 0.25) is 0 Å². The molecule has 1 aromatic heterocycles. The van der Waals surface area contributed by atoms with Gasteiger partial charge in [-0.05, 0) is 37.6 Å². The van der Waals surface area contributed by atoms with Crippen molar-refractivity contribution in [3.8, 4) is 0 Å². The van der Waals surface area contributed by atoms with Crippen LogP contribution in [0.15, 0.2) is 41.0 Å². The summed E-state index contributed by atoms with van der Waals surface area (Å²) in [4.78, 5) is 0.413. The normalized spacial score (nSPS) is 12.1. The van der Waals surface area contributed by atoms with E-state index in [1.165, 1.54) is 0 Å². The van der Waals surface area contributed by atoms with Crippen LogP contribution in [0.2, 0.25) is 0 Å². The molecule has 0 aliphatic carbocycles. The van der Waals surface area contributed by atoms with Crippen LogP contribution >= 0.6 is 12.2 Å². The van der Waals surface area contributed by atoms with Gasteiger partial charge in [-0.1, -0.05) is 24.4 Å². The molecule has 1 heterocycles. The van der Waals surface area contributed by atoms with Crippen LogP contribution in [0.1, 0.15) is 23.8 Å². The Bertz CT molecular complexity index is 564. The summed E-state index contributed by atoms with van der Waals surface area (Å²) in [7, 11) is 0. The van der Waals surface area contributed by atoms with Gasteiger partial charge < -0.3 is 15.5 Å². The van der Waals surface area contributed by atoms with Crippen LogP contribution in [0, 0.1) is 6.92 Å². The van der Waals surface area contributed by atoms with Gasteiger partial charge in [0, 0.05) is 23.7 Å². The number of hydrogen-bond donors (Lipinski definition) is 2. The smallest absolute Gasteiger partial charge is 0.106 e. The molecular weight excluding hydrogens is 256 g/mol. The molecule has 0 aliphatic heterocycles. The Morgan fingerprint density at radius 2 is 2.16 bits per heavy atom. The first-order valence-corrected chi connectivity index (χ1v) is 6.67. The zero-order valence-corrected chi connectivity index (χ0v) is 12.0. The Balaban J connectivity index is 2.16. The highest BCUT2D eigenvalue weighted by Gasteiger charge is 2.12. The minimum absolute atomic E-state index is 0.236. The minimum atomic E-state index is 0.236. The summed E-state index contributed by atoms with van der Waals surface area (Å²) < 4.78 is 5.36. The molecule has 100 valence electrons. The molecule has 0 bridgehead atoms. The first-order valence-electron chi connectivity index (χ1n) is 6.26. The number of anilines is 1. The Kier molecular flexibility index (Phi) is 4.22. The summed E-state index contributed by atoms with van der Waals surface area (Å²) >= 11 is 5.10. The predicted octanol–water partition coefficient (Wildman–Crippen LogP) is 3.27. The van der Waals surface area contributed by atoms with Crippen molar-refractivity contribution in [2.24, 2.45) is 5.73 Å². The molecule has 1 aromatic carbocycles. The van der Waals surface area contributed by atoms with Crippen LogP contribution in [-0.2, 0) is 6.42 Å². The summed E-state index contributed by atoms with van der Waals surface area (Å²) in [5.74, 6) is 0.963. The highest BCUT2D eigenvalue weighted by Crippen LogP contribution is 2.22. The van der Waals surface area contributed by atoms with Gasteiger partial charge in [0.1, 0.15) is 10.7 Å². The number of para-hydroxylation sites is 1. The van der Waals surface area contributed by atoms with Crippen molar-refractivity contribution < 1.29 is 4.42 Å². The van der Waals surface area contributed by atoms with Crippen molar-refractivity contribution in [1.29, 1.82) is 0 Å². The van der Waals surface area contributed by atoms with E-state index in [2.05, 4.69) is 12.2 Å². The Labute approximate surface area is 118 Å². The lowest BCUT2D eigenvalue weighted by molar-refractivity contribution is 0.497. The number of hydrogen-bond acceptors (Lipinski definition) is 3. The molecule has 2 rings (SSSR count). The van der Waals surface area contributed by atoms with Crippen LogP contribution in [0.25, 0.3) is 0 Å². The minimum Gasteiger partial charge on any atom is -0.469 e. The average molecular weight is 274 g/mol. The van der Waals surface area contributed by atoms with E-state index in [1.54, 1.807) is 6.26 Å². The van der Waals surface area contributed by atoms with Gasteiger partial charge in [-0.15, -0.1) is 0 Å². The van der Waals surface area contributed by atoms with Gasteiger partial charge in [-0.3, -0.25) is 0 Å². The van der Waals surface area contributed by atoms with E-state index in [1.807, 2.05) is 37.3 Å². The maximum atomic E-state index is 5.77. The summed E-state index contributed by atoms with van der Waals surface area (Å²) in [6.07, 6.45) is 2.51. The quantitative estimate of drug-likeness (QED) is 0.822. The molecule has 2 aromatic rings. The van der Waals surface area contributed by atoms with Gasteiger partial charge in [0.25, 0.3) is 0 Å². The van der Waals surface area contributed by atoms with E-state index in [4.69, 9.17) is 22.4 Å². The van der Waals surface area contributed by atoms with Crippen molar-refractivity contribution >= 4 is 22.9 Å². The zero-order valence-electron chi connectivity index (χ0n) is 11.1. The SMILES string of the molecule is Cc1cccc(C(N)=S)c1NC(C)Cc1ccco1. The summed E-state index contributed by atoms with van der Waals surface area (Å²) in [6, 6.07) is 10.1. The lowest BCUT2D eigenvalue weighted by Gasteiger charge is -2.19. The molecule has 3 nitrogen and oxygen atoms in total. The molecule has 0 amide bonds. The standard InChI is InChI=1S/C15H18N2OS/c1-10-5-3-7-13(15(16)19)14(10)17-11(2)9-12-6-4-8-18-12/h3-8,11,17H,9H2,1-2H3,(H2,16,19). The van der Waals surface area contributed by atoms with Crippen LogP contribution in [0.5, 0.6) is 0 Å². The van der Waals surface area contributed by atoms with E-state index in [0.29, 0.717) is 4.99 Å². The number of nitrogens with two attached hydrogens (primary N) is 1. The predicted molar refractivity (Wildman–Crippen MR) is 82.6 cm³/mol. The van der Waals surface area contributed by atoms with E-state index in [9.17, 15) is 0 Å². The lowest BCUT2D eigenvalue weighted by atomic mass is 10.1. The summed E-state index contributed by atoms with van der Waals surface area (Å²) in [6.45, 7) is 4.15. The maximum absolute atomic E-state index is 5.77. The van der Waals surface area contributed by atoms with Crippen molar-refractivity contribution in [3.05, 3.63) is 53.5 Å². The topological polar surface area (TPSA) is 51.2 Å². The number of rotatable bonds is 5. The number of nitrogens with one attached hydrogen (secondary N) is 1. The molecule has 1 unspecified atom stereocenters. The third-order valence-electron chi connectivity index (χ3n) is 3.02. The van der Waals surface area contributed by atoms with E-state index < -0.39 is 0 Å². The van der Waals surface area contributed by atoms with Gasteiger partial charge in [-0.2, -0.15) is 0 Å². The molecule has 3 N–H and O–H groups in total. The molecule has 0 saturated carbocycles. The molecule has 0 radical (unpaired) electrons. The first-order chi connectivity index (χ1) is 9.08. The number of thiocarbonyl (C=S) groups is 1. The highest BCUT2D eigenvalue weighted by molar-refractivity contribution is 7.80. The highest BCUT2D eigenvalue weighted by atomic mass is 32.1. The van der Waals surface area contributed by atoms with Gasteiger partial charge in [-0.25, -0.2) is 0 Å². The number of aryl methyl sites for hydroxylation is 1. The zero-order chi connectivity index (χ0) is 13.8. The first kappa shape index (κ1) is 13.6. The summed E-state index contributed by atoms with van der Waals surface area (Å²) in [5.41, 5.74) is 8.80. The lowest BCUT2D eigenvalue weighted by Crippen LogP contribution is -2.22. The van der Waals surface area contributed by atoms with E-state index >= 15 is 0 Å². The third-order valence-corrected chi connectivity index (χ3v) is 3.24. The second kappa shape index (κ2) is 5.89.